The summed E-state index contributed by atoms with van der Waals surface area (Å²) in [5.74, 6) is 1.44. The van der Waals surface area contributed by atoms with Gasteiger partial charge in [0, 0.05) is 0 Å². The second-order valence-corrected chi connectivity index (χ2v) is 6.28. The van der Waals surface area contributed by atoms with Gasteiger partial charge in [0.2, 0.25) is 0 Å². The van der Waals surface area contributed by atoms with Gasteiger partial charge >= 0.3 is 0 Å². The highest BCUT2D eigenvalue weighted by Gasteiger charge is 2.19. The van der Waals surface area contributed by atoms with Gasteiger partial charge in [-0.05, 0) is 41.2 Å². The van der Waals surface area contributed by atoms with Crippen molar-refractivity contribution >= 4 is 5.82 Å². The van der Waals surface area contributed by atoms with E-state index in [4.69, 9.17) is 10.5 Å². The van der Waals surface area contributed by atoms with Crippen molar-refractivity contribution in [3.8, 4) is 5.75 Å². The summed E-state index contributed by atoms with van der Waals surface area (Å²) in [4.78, 5) is 4.27. The highest BCUT2D eigenvalue weighted by molar-refractivity contribution is 5.42. The van der Waals surface area contributed by atoms with Crippen LogP contribution in [-0.4, -0.2) is 4.98 Å². The normalized spacial score (nSPS) is 11.4. The maximum Gasteiger partial charge on any atom is 0.130 e. The highest BCUT2D eigenvalue weighted by Crippen LogP contribution is 2.32. The summed E-state index contributed by atoms with van der Waals surface area (Å²) in [5.41, 5.74) is 9.14. The van der Waals surface area contributed by atoms with Gasteiger partial charge in [-0.2, -0.15) is 0 Å². The van der Waals surface area contributed by atoms with Crippen molar-refractivity contribution in [3.63, 3.8) is 0 Å². The zero-order valence-electron chi connectivity index (χ0n) is 13.3. The quantitative estimate of drug-likeness (QED) is 0.919. The molecule has 0 bridgehead atoms. The van der Waals surface area contributed by atoms with E-state index in [-0.39, 0.29) is 5.41 Å². The number of benzene rings is 1. The van der Waals surface area contributed by atoms with Crippen LogP contribution in [0.4, 0.5) is 5.82 Å². The molecule has 0 aliphatic heterocycles. The SMILES string of the molecule is CCc1ccc(OCc2cccc(N)n2)c(C(C)(C)C)c1. The van der Waals surface area contributed by atoms with Crippen molar-refractivity contribution in [1.82, 2.24) is 4.98 Å². The summed E-state index contributed by atoms with van der Waals surface area (Å²) in [7, 11) is 0. The van der Waals surface area contributed by atoms with Gasteiger partial charge in [0.25, 0.3) is 0 Å². The number of hydrogen-bond acceptors (Lipinski definition) is 3. The summed E-state index contributed by atoms with van der Waals surface area (Å²) >= 11 is 0. The molecule has 1 aromatic heterocycles. The van der Waals surface area contributed by atoms with Crippen LogP contribution in [0.3, 0.4) is 0 Å². The molecule has 0 spiro atoms. The number of nitrogens with two attached hydrogens (primary N) is 1. The first-order chi connectivity index (χ1) is 9.90. The summed E-state index contributed by atoms with van der Waals surface area (Å²) in [5, 5.41) is 0. The van der Waals surface area contributed by atoms with Gasteiger partial charge in [-0.15, -0.1) is 0 Å². The molecule has 0 saturated carbocycles. The molecule has 2 rings (SSSR count). The van der Waals surface area contributed by atoms with Crippen LogP contribution in [-0.2, 0) is 18.4 Å². The lowest BCUT2D eigenvalue weighted by atomic mass is 9.85. The third-order valence-corrected chi connectivity index (χ3v) is 3.46. The number of hydrogen-bond donors (Lipinski definition) is 1. The van der Waals surface area contributed by atoms with E-state index in [0.29, 0.717) is 12.4 Å². The molecule has 0 amide bonds. The molecule has 0 unspecified atom stereocenters. The van der Waals surface area contributed by atoms with E-state index in [1.165, 1.54) is 11.1 Å². The number of aryl methyl sites for hydroxylation is 1. The van der Waals surface area contributed by atoms with Gasteiger partial charge in [0.15, 0.2) is 0 Å². The molecule has 0 saturated heterocycles. The van der Waals surface area contributed by atoms with E-state index in [1.807, 2.05) is 12.1 Å². The number of nitrogens with zero attached hydrogens (tertiary/aromatic N) is 1. The van der Waals surface area contributed by atoms with Gasteiger partial charge in [-0.1, -0.05) is 45.9 Å². The molecule has 21 heavy (non-hydrogen) atoms. The summed E-state index contributed by atoms with van der Waals surface area (Å²) in [6, 6.07) is 12.0. The average molecular weight is 284 g/mol. The Morgan fingerprint density at radius 1 is 1.14 bits per heavy atom. The van der Waals surface area contributed by atoms with Gasteiger partial charge in [0.05, 0.1) is 5.69 Å². The van der Waals surface area contributed by atoms with Gasteiger partial charge in [-0.3, -0.25) is 0 Å². The molecule has 112 valence electrons. The Kier molecular flexibility index (Phi) is 4.51. The van der Waals surface area contributed by atoms with Crippen LogP contribution in [0.5, 0.6) is 5.75 Å². The zero-order chi connectivity index (χ0) is 15.5. The third kappa shape index (κ3) is 3.97. The van der Waals surface area contributed by atoms with Crippen molar-refractivity contribution in [2.24, 2.45) is 0 Å². The second-order valence-electron chi connectivity index (χ2n) is 6.28. The number of rotatable bonds is 4. The molecule has 0 aliphatic rings. The molecule has 2 aromatic rings. The van der Waals surface area contributed by atoms with E-state index >= 15 is 0 Å². The maximum atomic E-state index is 5.99. The van der Waals surface area contributed by atoms with Crippen molar-refractivity contribution in [2.45, 2.75) is 46.1 Å². The molecule has 0 radical (unpaired) electrons. The van der Waals surface area contributed by atoms with E-state index in [0.717, 1.165) is 17.9 Å². The van der Waals surface area contributed by atoms with E-state index in [9.17, 15) is 0 Å². The third-order valence-electron chi connectivity index (χ3n) is 3.46. The van der Waals surface area contributed by atoms with Gasteiger partial charge in [0.1, 0.15) is 18.2 Å². The topological polar surface area (TPSA) is 48.1 Å². The minimum absolute atomic E-state index is 0.0453. The Hall–Kier alpha value is -2.03. The second kappa shape index (κ2) is 6.17. The number of ether oxygens (including phenoxy) is 1. The van der Waals surface area contributed by atoms with Crippen LogP contribution in [0.15, 0.2) is 36.4 Å². The molecule has 0 atom stereocenters. The summed E-state index contributed by atoms with van der Waals surface area (Å²) in [6.45, 7) is 9.20. The Bertz CT molecular complexity index is 615. The molecule has 1 aromatic carbocycles. The van der Waals surface area contributed by atoms with Gasteiger partial charge in [-0.25, -0.2) is 4.98 Å². The first-order valence-electron chi connectivity index (χ1n) is 7.37. The zero-order valence-corrected chi connectivity index (χ0v) is 13.3. The summed E-state index contributed by atoms with van der Waals surface area (Å²) < 4.78 is 5.99. The number of aromatic nitrogens is 1. The first kappa shape index (κ1) is 15.4. The van der Waals surface area contributed by atoms with Crippen molar-refractivity contribution < 1.29 is 4.74 Å². The van der Waals surface area contributed by atoms with Gasteiger partial charge < -0.3 is 10.5 Å². The van der Waals surface area contributed by atoms with E-state index in [2.05, 4.69) is 50.9 Å². The van der Waals surface area contributed by atoms with E-state index < -0.39 is 0 Å². The first-order valence-corrected chi connectivity index (χ1v) is 7.37. The molecular weight excluding hydrogens is 260 g/mol. The predicted molar refractivity (Wildman–Crippen MR) is 87.5 cm³/mol. The van der Waals surface area contributed by atoms with E-state index in [1.54, 1.807) is 6.07 Å². The fraction of sp³-hybridized carbons (Fsp3) is 0.389. The van der Waals surface area contributed by atoms with Crippen LogP contribution < -0.4 is 10.5 Å². The van der Waals surface area contributed by atoms with Crippen LogP contribution in [0, 0.1) is 0 Å². The van der Waals surface area contributed by atoms with Crippen molar-refractivity contribution in [3.05, 3.63) is 53.2 Å². The van der Waals surface area contributed by atoms with Crippen molar-refractivity contribution in [2.75, 3.05) is 5.73 Å². The Balaban J connectivity index is 2.23. The Morgan fingerprint density at radius 3 is 2.52 bits per heavy atom. The molecule has 1 heterocycles. The predicted octanol–water partition coefficient (Wildman–Crippen LogP) is 4.10. The number of nitrogen functional groups attached to an aromatic ring is 1. The molecule has 3 nitrogen and oxygen atoms in total. The summed E-state index contributed by atoms with van der Waals surface area (Å²) in [6.07, 6.45) is 1.03. The smallest absolute Gasteiger partial charge is 0.130 e. The molecule has 3 heteroatoms. The van der Waals surface area contributed by atoms with Crippen LogP contribution in [0.25, 0.3) is 0 Å². The molecule has 0 fully saturated rings. The van der Waals surface area contributed by atoms with Crippen LogP contribution >= 0.6 is 0 Å². The largest absolute Gasteiger partial charge is 0.487 e. The van der Waals surface area contributed by atoms with Crippen LogP contribution in [0.1, 0.15) is 44.5 Å². The Labute approximate surface area is 127 Å². The lowest BCUT2D eigenvalue weighted by Gasteiger charge is -2.23. The number of anilines is 1. The minimum atomic E-state index is 0.0453. The fourth-order valence-corrected chi connectivity index (χ4v) is 2.24. The molecular formula is C18H24N2O. The molecule has 2 N–H and O–H groups in total. The molecule has 0 aliphatic carbocycles. The average Bonchev–Trinajstić information content (AvgIpc) is 2.44. The fourth-order valence-electron chi connectivity index (χ4n) is 2.24. The highest BCUT2D eigenvalue weighted by atomic mass is 16.5. The van der Waals surface area contributed by atoms with Crippen molar-refractivity contribution in [1.29, 1.82) is 0 Å². The lowest BCUT2D eigenvalue weighted by Crippen LogP contribution is -2.14. The standard InChI is InChI=1S/C18H24N2O/c1-5-13-9-10-16(15(11-13)18(2,3)4)21-12-14-7-6-8-17(19)20-14/h6-11H,5,12H2,1-4H3,(H2,19,20). The van der Waals surface area contributed by atoms with Crippen LogP contribution in [0.2, 0.25) is 0 Å². The monoisotopic (exact) mass is 284 g/mol. The number of pyridine rings is 1. The Morgan fingerprint density at radius 2 is 1.90 bits per heavy atom. The maximum absolute atomic E-state index is 5.99. The minimum Gasteiger partial charge on any atom is -0.487 e. The lowest BCUT2D eigenvalue weighted by molar-refractivity contribution is 0.293.